The number of nitrogens with zero attached hydrogens (tertiary/aromatic N) is 1. The number of aliphatic hydroxyl groups is 1. The van der Waals surface area contributed by atoms with Crippen molar-refractivity contribution < 1.29 is 5.11 Å². The molecule has 2 heteroatoms. The molecule has 0 saturated heterocycles. The lowest BCUT2D eigenvalue weighted by atomic mass is 9.73. The third-order valence-corrected chi connectivity index (χ3v) is 5.16. The van der Waals surface area contributed by atoms with Gasteiger partial charge in [0, 0.05) is 12.1 Å². The normalized spacial score (nSPS) is 33.8. The molecule has 1 N–H and O–H groups in total. The monoisotopic (exact) mass is 253 g/mol. The van der Waals surface area contributed by atoms with Crippen LogP contribution in [0.3, 0.4) is 0 Å². The minimum atomic E-state index is -0.0973. The summed E-state index contributed by atoms with van der Waals surface area (Å²) in [6.45, 7) is 8.09. The van der Waals surface area contributed by atoms with Crippen LogP contribution in [0.25, 0.3) is 0 Å². The average Bonchev–Trinajstić information content (AvgIpc) is 2.36. The first-order valence-electron chi connectivity index (χ1n) is 7.97. The Labute approximate surface area is 113 Å². The summed E-state index contributed by atoms with van der Waals surface area (Å²) in [4.78, 5) is 2.63. The van der Waals surface area contributed by atoms with Gasteiger partial charge in [-0.1, -0.05) is 40.0 Å². The van der Waals surface area contributed by atoms with Crippen LogP contribution in [0, 0.1) is 5.41 Å². The standard InChI is InChI=1S/C16H31NO/c1-4-17(13-8-6-5-7-9-13)14-12-16(2,3)11-10-15(14)18/h13-15,18H,4-12H2,1-3H3. The van der Waals surface area contributed by atoms with E-state index in [1.165, 1.54) is 44.9 Å². The average molecular weight is 253 g/mol. The maximum atomic E-state index is 10.4. The van der Waals surface area contributed by atoms with Gasteiger partial charge in [0.25, 0.3) is 0 Å². The number of hydrogen-bond acceptors (Lipinski definition) is 2. The number of hydrogen-bond donors (Lipinski definition) is 1. The molecule has 0 aliphatic heterocycles. The van der Waals surface area contributed by atoms with Gasteiger partial charge in [-0.2, -0.15) is 0 Å². The summed E-state index contributed by atoms with van der Waals surface area (Å²) in [5, 5.41) is 10.4. The largest absolute Gasteiger partial charge is 0.391 e. The summed E-state index contributed by atoms with van der Waals surface area (Å²) in [5.74, 6) is 0. The molecule has 2 saturated carbocycles. The molecule has 2 aliphatic rings. The van der Waals surface area contributed by atoms with Crippen molar-refractivity contribution in [3.63, 3.8) is 0 Å². The Morgan fingerprint density at radius 1 is 1.11 bits per heavy atom. The number of aliphatic hydroxyl groups excluding tert-OH is 1. The van der Waals surface area contributed by atoms with Gasteiger partial charge in [-0.3, -0.25) is 4.90 Å². The Bertz CT molecular complexity index is 258. The molecule has 0 spiro atoms. The SMILES string of the molecule is CCN(C1CCCCC1)C1CC(C)(C)CCC1O. The highest BCUT2D eigenvalue weighted by molar-refractivity contribution is 4.93. The Kier molecular flexibility index (Phi) is 4.71. The highest BCUT2D eigenvalue weighted by Gasteiger charge is 2.38. The second-order valence-electron chi connectivity index (χ2n) is 7.16. The third kappa shape index (κ3) is 3.27. The molecule has 0 aromatic carbocycles. The molecule has 0 amide bonds. The molecule has 2 nitrogen and oxygen atoms in total. The van der Waals surface area contributed by atoms with E-state index in [1.54, 1.807) is 0 Å². The predicted octanol–water partition coefficient (Wildman–Crippen LogP) is 3.58. The van der Waals surface area contributed by atoms with E-state index >= 15 is 0 Å². The fraction of sp³-hybridized carbons (Fsp3) is 1.00. The van der Waals surface area contributed by atoms with E-state index < -0.39 is 0 Å². The maximum Gasteiger partial charge on any atom is 0.0695 e. The lowest BCUT2D eigenvalue weighted by Gasteiger charge is -2.47. The number of likely N-dealkylation sites (N-methyl/N-ethyl adjacent to an activating group) is 1. The highest BCUT2D eigenvalue weighted by Crippen LogP contribution is 2.39. The van der Waals surface area contributed by atoms with E-state index in [2.05, 4.69) is 25.7 Å². The minimum absolute atomic E-state index is 0.0973. The van der Waals surface area contributed by atoms with E-state index in [9.17, 15) is 5.11 Å². The molecular weight excluding hydrogens is 222 g/mol. The Morgan fingerprint density at radius 2 is 1.78 bits per heavy atom. The van der Waals surface area contributed by atoms with Crippen molar-refractivity contribution in [3.8, 4) is 0 Å². The van der Waals surface area contributed by atoms with E-state index in [4.69, 9.17) is 0 Å². The topological polar surface area (TPSA) is 23.5 Å². The van der Waals surface area contributed by atoms with Crippen LogP contribution < -0.4 is 0 Å². The van der Waals surface area contributed by atoms with Crippen LogP contribution in [0.5, 0.6) is 0 Å². The van der Waals surface area contributed by atoms with Gasteiger partial charge in [0.05, 0.1) is 6.10 Å². The first-order chi connectivity index (χ1) is 8.53. The smallest absolute Gasteiger partial charge is 0.0695 e. The van der Waals surface area contributed by atoms with Crippen LogP contribution in [0.1, 0.15) is 72.1 Å². The van der Waals surface area contributed by atoms with Crippen molar-refractivity contribution >= 4 is 0 Å². The minimum Gasteiger partial charge on any atom is -0.391 e. The van der Waals surface area contributed by atoms with Gasteiger partial charge in [-0.15, -0.1) is 0 Å². The number of rotatable bonds is 3. The van der Waals surface area contributed by atoms with E-state index in [0.717, 1.165) is 19.0 Å². The second kappa shape index (κ2) is 5.92. The van der Waals surface area contributed by atoms with Crippen LogP contribution in [-0.2, 0) is 0 Å². The summed E-state index contributed by atoms with van der Waals surface area (Å²) >= 11 is 0. The van der Waals surface area contributed by atoms with Gasteiger partial charge in [-0.25, -0.2) is 0 Å². The summed E-state index contributed by atoms with van der Waals surface area (Å²) in [5.41, 5.74) is 0.409. The second-order valence-corrected chi connectivity index (χ2v) is 7.16. The lowest BCUT2D eigenvalue weighted by molar-refractivity contribution is -0.0381. The predicted molar refractivity (Wildman–Crippen MR) is 76.7 cm³/mol. The molecule has 2 fully saturated rings. The van der Waals surface area contributed by atoms with Gasteiger partial charge in [0.2, 0.25) is 0 Å². The molecule has 0 bridgehead atoms. The molecule has 18 heavy (non-hydrogen) atoms. The van der Waals surface area contributed by atoms with Crippen molar-refractivity contribution in [2.45, 2.75) is 90.3 Å². The quantitative estimate of drug-likeness (QED) is 0.831. The molecule has 2 atom stereocenters. The van der Waals surface area contributed by atoms with E-state index in [1.807, 2.05) is 0 Å². The zero-order valence-electron chi connectivity index (χ0n) is 12.5. The molecule has 2 rings (SSSR count). The van der Waals surface area contributed by atoms with Crippen molar-refractivity contribution in [2.75, 3.05) is 6.54 Å². The molecule has 0 radical (unpaired) electrons. The zero-order chi connectivity index (χ0) is 13.2. The lowest BCUT2D eigenvalue weighted by Crippen LogP contribution is -2.53. The van der Waals surface area contributed by atoms with Crippen LogP contribution in [-0.4, -0.2) is 34.7 Å². The van der Waals surface area contributed by atoms with Crippen LogP contribution >= 0.6 is 0 Å². The Morgan fingerprint density at radius 3 is 2.39 bits per heavy atom. The summed E-state index contributed by atoms with van der Waals surface area (Å²) in [6, 6.07) is 1.14. The molecule has 2 aliphatic carbocycles. The van der Waals surface area contributed by atoms with Gasteiger partial charge in [0.15, 0.2) is 0 Å². The van der Waals surface area contributed by atoms with Gasteiger partial charge in [-0.05, 0) is 44.1 Å². The van der Waals surface area contributed by atoms with Gasteiger partial charge >= 0.3 is 0 Å². The van der Waals surface area contributed by atoms with Crippen molar-refractivity contribution in [1.29, 1.82) is 0 Å². The molecule has 106 valence electrons. The van der Waals surface area contributed by atoms with E-state index in [-0.39, 0.29) is 6.10 Å². The fourth-order valence-electron chi connectivity index (χ4n) is 4.05. The molecule has 0 aromatic rings. The first kappa shape index (κ1) is 14.3. The molecule has 0 aromatic heterocycles. The van der Waals surface area contributed by atoms with E-state index in [0.29, 0.717) is 11.5 Å². The fourth-order valence-corrected chi connectivity index (χ4v) is 4.05. The maximum absolute atomic E-state index is 10.4. The van der Waals surface area contributed by atoms with Crippen LogP contribution in [0.4, 0.5) is 0 Å². The molecular formula is C16H31NO. The third-order valence-electron chi connectivity index (χ3n) is 5.16. The first-order valence-corrected chi connectivity index (χ1v) is 7.97. The van der Waals surface area contributed by atoms with Gasteiger partial charge < -0.3 is 5.11 Å². The van der Waals surface area contributed by atoms with Crippen LogP contribution in [0.2, 0.25) is 0 Å². The van der Waals surface area contributed by atoms with Crippen molar-refractivity contribution in [2.24, 2.45) is 5.41 Å². The summed E-state index contributed by atoms with van der Waals surface area (Å²) < 4.78 is 0. The highest BCUT2D eigenvalue weighted by atomic mass is 16.3. The molecule has 2 unspecified atom stereocenters. The summed E-state index contributed by atoms with van der Waals surface area (Å²) in [7, 11) is 0. The Hall–Kier alpha value is -0.0800. The van der Waals surface area contributed by atoms with Crippen LogP contribution in [0.15, 0.2) is 0 Å². The van der Waals surface area contributed by atoms with Crippen molar-refractivity contribution in [3.05, 3.63) is 0 Å². The molecule has 0 heterocycles. The summed E-state index contributed by atoms with van der Waals surface area (Å²) in [6.07, 6.45) is 10.1. The van der Waals surface area contributed by atoms with Crippen molar-refractivity contribution in [1.82, 2.24) is 4.90 Å². The Balaban J connectivity index is 2.04. The van der Waals surface area contributed by atoms with Gasteiger partial charge in [0.1, 0.15) is 0 Å². The zero-order valence-corrected chi connectivity index (χ0v) is 12.5.